The molecule has 0 spiro atoms. The Labute approximate surface area is 190 Å². The summed E-state index contributed by atoms with van der Waals surface area (Å²) in [6.07, 6.45) is 3.32. The Bertz CT molecular complexity index is 1090. The van der Waals surface area contributed by atoms with Gasteiger partial charge in [0, 0.05) is 29.8 Å². The quantitative estimate of drug-likeness (QED) is 0.454. The highest BCUT2D eigenvalue weighted by atomic mass is 19.1. The number of rotatable bonds is 10. The van der Waals surface area contributed by atoms with E-state index in [1.807, 2.05) is 24.3 Å². The van der Waals surface area contributed by atoms with Crippen molar-refractivity contribution in [3.05, 3.63) is 83.6 Å². The molecule has 1 aromatic heterocycles. The van der Waals surface area contributed by atoms with Crippen molar-refractivity contribution >= 4 is 16.9 Å². The van der Waals surface area contributed by atoms with Gasteiger partial charge >= 0.3 is 0 Å². The smallest absolute Gasteiger partial charge is 0.286 e. The second-order valence-electron chi connectivity index (χ2n) is 7.62. The molecular weight excluding hydrogens is 429 g/mol. The highest BCUT2D eigenvalue weighted by Gasteiger charge is 2.30. The molecule has 1 aliphatic rings. The lowest BCUT2D eigenvalue weighted by Crippen LogP contribution is -2.33. The van der Waals surface area contributed by atoms with Crippen LogP contribution in [0.4, 0.5) is 4.39 Å². The van der Waals surface area contributed by atoms with Gasteiger partial charge in [0.05, 0.1) is 32.7 Å². The molecule has 4 rings (SSSR count). The molecule has 1 aliphatic heterocycles. The fourth-order valence-electron chi connectivity index (χ4n) is 3.70. The molecule has 7 nitrogen and oxygen atoms in total. The van der Waals surface area contributed by atoms with Crippen molar-refractivity contribution < 1.29 is 32.9 Å². The number of halogens is 1. The number of fused-ring (bicyclic) bond motifs is 1. The number of aliphatic hydroxyl groups is 1. The average Bonchev–Trinajstić information content (AvgIpc) is 3.27. The zero-order valence-electron chi connectivity index (χ0n) is 18.0. The number of ether oxygens (including phenoxy) is 3. The third kappa shape index (κ3) is 5.98. The molecule has 2 atom stereocenters. The third-order valence-corrected chi connectivity index (χ3v) is 5.32. The van der Waals surface area contributed by atoms with E-state index >= 15 is 0 Å². The van der Waals surface area contributed by atoms with Crippen molar-refractivity contribution in [1.29, 1.82) is 0 Å². The van der Waals surface area contributed by atoms with E-state index in [1.54, 1.807) is 24.5 Å². The van der Waals surface area contributed by atoms with Gasteiger partial charge < -0.3 is 29.1 Å². The Kier molecular flexibility index (Phi) is 7.72. The molecule has 2 N–H and O–H groups in total. The molecule has 0 bridgehead atoms. The minimum absolute atomic E-state index is 0.0589. The highest BCUT2D eigenvalue weighted by Crippen LogP contribution is 2.36. The predicted octanol–water partition coefficient (Wildman–Crippen LogP) is 3.63. The summed E-state index contributed by atoms with van der Waals surface area (Å²) in [5, 5.41) is 12.6. The number of aliphatic hydroxyl groups excluding tert-OH is 1. The van der Waals surface area contributed by atoms with Gasteiger partial charge in [0.15, 0.2) is 5.76 Å². The number of amides is 1. The number of hydrogen-bond acceptors (Lipinski definition) is 6. The summed E-state index contributed by atoms with van der Waals surface area (Å²) in [5.41, 5.74) is 2.49. The van der Waals surface area contributed by atoms with E-state index in [2.05, 4.69) is 5.32 Å². The summed E-state index contributed by atoms with van der Waals surface area (Å²) >= 11 is 0. The summed E-state index contributed by atoms with van der Waals surface area (Å²) in [7, 11) is 0. The monoisotopic (exact) mass is 455 g/mol. The number of allylic oxidation sites excluding steroid dienone is 1. The zero-order chi connectivity index (χ0) is 23.0. The van der Waals surface area contributed by atoms with Gasteiger partial charge in [-0.25, -0.2) is 4.39 Å². The van der Waals surface area contributed by atoms with Crippen LogP contribution >= 0.6 is 0 Å². The van der Waals surface area contributed by atoms with Crippen LogP contribution in [0.5, 0.6) is 0 Å². The van der Waals surface area contributed by atoms with Crippen LogP contribution in [0.25, 0.3) is 11.0 Å². The van der Waals surface area contributed by atoms with Crippen LogP contribution < -0.4 is 5.32 Å². The molecule has 174 valence electrons. The second kappa shape index (κ2) is 11.1. The molecule has 1 amide bonds. The fourth-order valence-corrected chi connectivity index (χ4v) is 3.70. The van der Waals surface area contributed by atoms with E-state index < -0.39 is 6.29 Å². The Hall–Kier alpha value is -3.20. The van der Waals surface area contributed by atoms with Gasteiger partial charge in [-0.05, 0) is 29.8 Å². The number of furan rings is 1. The minimum atomic E-state index is -0.655. The molecule has 0 unspecified atom stereocenters. The number of hydrogen-bond donors (Lipinski definition) is 2. The number of nitrogens with one attached hydrogen (secondary N) is 1. The van der Waals surface area contributed by atoms with E-state index in [-0.39, 0.29) is 49.8 Å². The van der Waals surface area contributed by atoms with E-state index in [4.69, 9.17) is 23.7 Å². The van der Waals surface area contributed by atoms with Crippen molar-refractivity contribution in [3.8, 4) is 0 Å². The minimum Gasteiger partial charge on any atom is -0.464 e. The lowest BCUT2D eigenvalue weighted by atomic mass is 9.92. The zero-order valence-corrected chi connectivity index (χ0v) is 18.0. The van der Waals surface area contributed by atoms with Crippen LogP contribution in [0.2, 0.25) is 0 Å². The molecule has 0 aliphatic carbocycles. The fraction of sp³-hybridized carbons (Fsp3) is 0.320. The third-order valence-electron chi connectivity index (χ3n) is 5.32. The molecular formula is C25H26FNO6. The van der Waals surface area contributed by atoms with Gasteiger partial charge in [-0.3, -0.25) is 4.79 Å². The molecule has 2 aromatic carbocycles. The predicted molar refractivity (Wildman–Crippen MR) is 119 cm³/mol. The van der Waals surface area contributed by atoms with Gasteiger partial charge in [0.25, 0.3) is 5.91 Å². The van der Waals surface area contributed by atoms with Crippen LogP contribution in [0.3, 0.4) is 0 Å². The maximum atomic E-state index is 13.1. The van der Waals surface area contributed by atoms with Crippen LogP contribution in [0.15, 0.2) is 71.0 Å². The van der Waals surface area contributed by atoms with E-state index in [0.717, 1.165) is 22.1 Å². The average molecular weight is 455 g/mol. The van der Waals surface area contributed by atoms with Crippen LogP contribution in [-0.4, -0.2) is 43.7 Å². The first kappa shape index (κ1) is 23.0. The summed E-state index contributed by atoms with van der Waals surface area (Å²) < 4.78 is 35.7. The Balaban J connectivity index is 1.48. The maximum Gasteiger partial charge on any atom is 0.286 e. The lowest BCUT2D eigenvalue weighted by Gasteiger charge is -2.29. The van der Waals surface area contributed by atoms with Gasteiger partial charge in [-0.1, -0.05) is 30.3 Å². The molecule has 0 radical (unpaired) electrons. The molecule has 0 fully saturated rings. The SMILES string of the molecule is O=C(NCc1ccc(F)cc1)C1=C[C@@H](c2coc3ccccc23)C[C@@H](OCCOCCO)O1. The molecule has 2 heterocycles. The Morgan fingerprint density at radius 3 is 2.76 bits per heavy atom. The van der Waals surface area contributed by atoms with Crippen LogP contribution in [0.1, 0.15) is 23.5 Å². The molecule has 0 saturated heterocycles. The first-order valence-corrected chi connectivity index (χ1v) is 10.8. The lowest BCUT2D eigenvalue weighted by molar-refractivity contribution is -0.151. The number of para-hydroxylation sites is 1. The summed E-state index contributed by atoms with van der Waals surface area (Å²) in [5.74, 6) is -0.722. The number of carbonyl (C=O) groups excluding carboxylic acids is 1. The van der Waals surface area contributed by atoms with Gasteiger partial charge in [0.1, 0.15) is 11.4 Å². The molecule has 3 aromatic rings. The summed E-state index contributed by atoms with van der Waals surface area (Å²) in [6.45, 7) is 0.968. The first-order chi connectivity index (χ1) is 16.1. The van der Waals surface area contributed by atoms with Crippen molar-refractivity contribution in [2.24, 2.45) is 0 Å². The van der Waals surface area contributed by atoms with Crippen LogP contribution in [-0.2, 0) is 25.5 Å². The summed E-state index contributed by atoms with van der Waals surface area (Å²) in [4.78, 5) is 12.9. The van der Waals surface area contributed by atoms with E-state index in [9.17, 15) is 9.18 Å². The van der Waals surface area contributed by atoms with Gasteiger partial charge in [0.2, 0.25) is 6.29 Å². The largest absolute Gasteiger partial charge is 0.464 e. The van der Waals surface area contributed by atoms with Gasteiger partial charge in [-0.2, -0.15) is 0 Å². The topological polar surface area (TPSA) is 90.2 Å². The molecule has 0 saturated carbocycles. The van der Waals surface area contributed by atoms with E-state index in [1.165, 1.54) is 12.1 Å². The number of benzene rings is 2. The van der Waals surface area contributed by atoms with E-state index in [0.29, 0.717) is 13.0 Å². The molecule has 33 heavy (non-hydrogen) atoms. The van der Waals surface area contributed by atoms with Gasteiger partial charge in [-0.15, -0.1) is 0 Å². The standard InChI is InChI=1S/C25H26FNO6/c26-19-7-5-17(6-8-19)15-27-25(29)23-13-18(14-24(33-23)31-12-11-30-10-9-28)21-16-32-22-4-2-1-3-20(21)22/h1-8,13,16,18,24,28H,9-12,14-15H2,(H,27,29)/t18-,24+/m1/s1. The van der Waals surface area contributed by atoms with Crippen molar-refractivity contribution in [3.63, 3.8) is 0 Å². The van der Waals surface area contributed by atoms with Crippen molar-refractivity contribution in [1.82, 2.24) is 5.32 Å². The molecule has 8 heteroatoms. The first-order valence-electron chi connectivity index (χ1n) is 10.8. The van der Waals surface area contributed by atoms with Crippen LogP contribution in [0, 0.1) is 5.82 Å². The Morgan fingerprint density at radius 1 is 1.12 bits per heavy atom. The summed E-state index contributed by atoms with van der Waals surface area (Å²) in [6, 6.07) is 13.6. The number of carbonyl (C=O) groups is 1. The second-order valence-corrected chi connectivity index (χ2v) is 7.62. The van der Waals surface area contributed by atoms with Crippen molar-refractivity contribution in [2.45, 2.75) is 25.2 Å². The normalized spacial score (nSPS) is 18.1. The maximum absolute atomic E-state index is 13.1. The van der Waals surface area contributed by atoms with Crippen molar-refractivity contribution in [2.75, 3.05) is 26.4 Å². The highest BCUT2D eigenvalue weighted by molar-refractivity contribution is 5.92. The Morgan fingerprint density at radius 2 is 1.94 bits per heavy atom.